The summed E-state index contributed by atoms with van der Waals surface area (Å²) < 4.78 is 0. The third-order valence-electron chi connectivity index (χ3n) is 2.68. The molecule has 0 fully saturated rings. The summed E-state index contributed by atoms with van der Waals surface area (Å²) >= 11 is 0. The van der Waals surface area contributed by atoms with Crippen LogP contribution in [0.1, 0.15) is 24.2 Å². The number of aromatic nitrogens is 2. The fourth-order valence-corrected chi connectivity index (χ4v) is 1.69. The molecular formula is C12H11N5O2. The number of nitrogens with one attached hydrogen (secondary N) is 2. The number of hydrogen-bond donors (Lipinski definition) is 2. The molecule has 0 saturated carbocycles. The predicted molar refractivity (Wildman–Crippen MR) is 68.4 cm³/mol. The van der Waals surface area contributed by atoms with Crippen molar-refractivity contribution < 1.29 is 4.92 Å². The van der Waals surface area contributed by atoms with Gasteiger partial charge in [-0.15, -0.1) is 0 Å². The van der Waals surface area contributed by atoms with E-state index in [0.29, 0.717) is 5.69 Å². The predicted octanol–water partition coefficient (Wildman–Crippen LogP) is 2.36. The zero-order valence-corrected chi connectivity index (χ0v) is 10.1. The van der Waals surface area contributed by atoms with Crippen molar-refractivity contribution >= 4 is 11.4 Å². The molecule has 0 aliphatic carbocycles. The minimum Gasteiger partial charge on any atom is -0.371 e. The Balaban J connectivity index is 2.30. The second-order valence-electron chi connectivity index (χ2n) is 3.98. The maximum absolute atomic E-state index is 11.0. The Hall–Kier alpha value is -2.88. The minimum absolute atomic E-state index is 0.120. The van der Waals surface area contributed by atoms with E-state index in [2.05, 4.69) is 15.5 Å². The van der Waals surface area contributed by atoms with Crippen LogP contribution >= 0.6 is 0 Å². The summed E-state index contributed by atoms with van der Waals surface area (Å²) in [6.45, 7) is 1.86. The maximum Gasteiger partial charge on any atom is 0.293 e. The highest BCUT2D eigenvalue weighted by molar-refractivity contribution is 5.64. The van der Waals surface area contributed by atoms with Crippen molar-refractivity contribution in [1.82, 2.24) is 10.2 Å². The smallest absolute Gasteiger partial charge is 0.293 e. The molecule has 0 aliphatic rings. The van der Waals surface area contributed by atoms with Gasteiger partial charge in [0, 0.05) is 12.3 Å². The van der Waals surface area contributed by atoms with Gasteiger partial charge in [-0.25, -0.2) is 0 Å². The first-order chi connectivity index (χ1) is 9.11. The molecule has 2 N–H and O–H groups in total. The Morgan fingerprint density at radius 2 is 2.32 bits per heavy atom. The molecule has 0 spiro atoms. The number of benzene rings is 1. The molecule has 7 nitrogen and oxygen atoms in total. The van der Waals surface area contributed by atoms with Crippen LogP contribution in [0.3, 0.4) is 0 Å². The lowest BCUT2D eigenvalue weighted by molar-refractivity contribution is -0.384. The van der Waals surface area contributed by atoms with Crippen molar-refractivity contribution in [3.05, 3.63) is 51.8 Å². The highest BCUT2D eigenvalue weighted by atomic mass is 16.6. The number of nitro groups is 1. The summed E-state index contributed by atoms with van der Waals surface area (Å²) in [6.07, 6.45) is 1.61. The van der Waals surface area contributed by atoms with Crippen LogP contribution in [-0.4, -0.2) is 15.1 Å². The van der Waals surface area contributed by atoms with E-state index in [1.165, 1.54) is 18.2 Å². The third kappa shape index (κ3) is 2.69. The maximum atomic E-state index is 11.0. The molecule has 0 aliphatic heterocycles. The van der Waals surface area contributed by atoms with Crippen LogP contribution in [0.25, 0.3) is 0 Å². The summed E-state index contributed by atoms with van der Waals surface area (Å²) in [4.78, 5) is 10.5. The van der Waals surface area contributed by atoms with Crippen molar-refractivity contribution in [3.63, 3.8) is 0 Å². The summed E-state index contributed by atoms with van der Waals surface area (Å²) in [6, 6.07) is 7.83. The Morgan fingerprint density at radius 3 is 2.89 bits per heavy atom. The monoisotopic (exact) mass is 257 g/mol. The molecule has 0 bridgehead atoms. The quantitative estimate of drug-likeness (QED) is 0.645. The number of H-pyrrole nitrogens is 1. The zero-order valence-electron chi connectivity index (χ0n) is 10.1. The molecule has 1 heterocycles. The van der Waals surface area contributed by atoms with E-state index in [0.717, 1.165) is 5.69 Å². The first-order valence-electron chi connectivity index (χ1n) is 5.56. The molecule has 0 amide bonds. The molecule has 0 radical (unpaired) electrons. The lowest BCUT2D eigenvalue weighted by atomic mass is 10.1. The lowest BCUT2D eigenvalue weighted by Gasteiger charge is -2.13. The van der Waals surface area contributed by atoms with Crippen molar-refractivity contribution in [2.75, 3.05) is 5.32 Å². The number of rotatable bonds is 4. The van der Waals surface area contributed by atoms with E-state index < -0.39 is 4.92 Å². The fourth-order valence-electron chi connectivity index (χ4n) is 1.69. The molecule has 0 saturated heterocycles. The average Bonchev–Trinajstić information content (AvgIpc) is 2.92. The van der Waals surface area contributed by atoms with E-state index in [1.54, 1.807) is 12.3 Å². The highest BCUT2D eigenvalue weighted by Crippen LogP contribution is 2.28. The molecule has 7 heteroatoms. The lowest BCUT2D eigenvalue weighted by Crippen LogP contribution is -2.09. The third-order valence-corrected chi connectivity index (χ3v) is 2.68. The van der Waals surface area contributed by atoms with Gasteiger partial charge in [-0.1, -0.05) is 0 Å². The van der Waals surface area contributed by atoms with Crippen molar-refractivity contribution in [1.29, 1.82) is 5.26 Å². The summed E-state index contributed by atoms with van der Waals surface area (Å²) in [5, 5.41) is 29.4. The standard InChI is InChI=1S/C12H11N5O2/c1-8(10-4-5-14-16-10)15-11-3-2-9(7-13)6-12(11)17(18)19/h2-6,8,15H,1H3,(H,14,16). The van der Waals surface area contributed by atoms with Crippen molar-refractivity contribution in [2.45, 2.75) is 13.0 Å². The zero-order chi connectivity index (χ0) is 13.8. The molecule has 2 aromatic rings. The molecule has 19 heavy (non-hydrogen) atoms. The minimum atomic E-state index is -0.511. The van der Waals surface area contributed by atoms with E-state index >= 15 is 0 Å². The number of nitro benzene ring substituents is 1. The van der Waals surface area contributed by atoms with Gasteiger partial charge >= 0.3 is 0 Å². The molecule has 2 rings (SSSR count). The van der Waals surface area contributed by atoms with E-state index in [9.17, 15) is 10.1 Å². The van der Waals surface area contributed by atoms with Crippen LogP contribution < -0.4 is 5.32 Å². The second-order valence-corrected chi connectivity index (χ2v) is 3.98. The van der Waals surface area contributed by atoms with Gasteiger partial charge in [0.2, 0.25) is 0 Å². The molecule has 1 aromatic heterocycles. The van der Waals surface area contributed by atoms with Gasteiger partial charge in [0.25, 0.3) is 5.69 Å². The van der Waals surface area contributed by atoms with E-state index in [4.69, 9.17) is 5.26 Å². The summed E-state index contributed by atoms with van der Waals surface area (Å²) in [7, 11) is 0. The highest BCUT2D eigenvalue weighted by Gasteiger charge is 2.17. The molecule has 1 unspecified atom stereocenters. The molecular weight excluding hydrogens is 246 g/mol. The van der Waals surface area contributed by atoms with Crippen LogP contribution in [-0.2, 0) is 0 Å². The first kappa shape index (κ1) is 12.6. The van der Waals surface area contributed by atoms with Gasteiger partial charge in [-0.05, 0) is 25.1 Å². The van der Waals surface area contributed by atoms with Crippen molar-refractivity contribution in [3.8, 4) is 6.07 Å². The average molecular weight is 257 g/mol. The number of nitriles is 1. The number of nitrogens with zero attached hydrogens (tertiary/aromatic N) is 3. The summed E-state index contributed by atoms with van der Waals surface area (Å²) in [5.41, 5.74) is 1.32. The van der Waals surface area contributed by atoms with Crippen LogP contribution in [0.2, 0.25) is 0 Å². The molecule has 1 aromatic carbocycles. The van der Waals surface area contributed by atoms with Crippen LogP contribution in [0.5, 0.6) is 0 Å². The normalized spacial score (nSPS) is 11.6. The number of anilines is 1. The molecule has 1 atom stereocenters. The van der Waals surface area contributed by atoms with Crippen LogP contribution in [0.15, 0.2) is 30.5 Å². The van der Waals surface area contributed by atoms with Gasteiger partial charge in [-0.3, -0.25) is 15.2 Å². The first-order valence-corrected chi connectivity index (χ1v) is 5.56. The SMILES string of the molecule is CC(Nc1ccc(C#N)cc1[N+](=O)[O-])c1ccn[nH]1. The van der Waals surface area contributed by atoms with Gasteiger partial charge in [-0.2, -0.15) is 10.4 Å². The van der Waals surface area contributed by atoms with Gasteiger partial charge in [0.15, 0.2) is 0 Å². The van der Waals surface area contributed by atoms with E-state index in [1.807, 2.05) is 13.0 Å². The van der Waals surface area contributed by atoms with E-state index in [-0.39, 0.29) is 17.3 Å². The van der Waals surface area contributed by atoms with Gasteiger partial charge in [0.1, 0.15) is 5.69 Å². The van der Waals surface area contributed by atoms with Gasteiger partial charge in [0.05, 0.1) is 28.3 Å². The van der Waals surface area contributed by atoms with Crippen LogP contribution in [0.4, 0.5) is 11.4 Å². The Bertz CT molecular complexity index is 630. The van der Waals surface area contributed by atoms with Crippen molar-refractivity contribution in [2.24, 2.45) is 0 Å². The number of aromatic amines is 1. The summed E-state index contributed by atoms with van der Waals surface area (Å²) in [5.74, 6) is 0. The Morgan fingerprint density at radius 1 is 1.53 bits per heavy atom. The van der Waals surface area contributed by atoms with Gasteiger partial charge < -0.3 is 5.32 Å². The van der Waals surface area contributed by atoms with Crippen LogP contribution in [0, 0.1) is 21.4 Å². The topological polar surface area (TPSA) is 108 Å². The number of hydrogen-bond acceptors (Lipinski definition) is 5. The second kappa shape index (κ2) is 5.18. The largest absolute Gasteiger partial charge is 0.371 e. The molecule has 96 valence electrons. The fraction of sp³-hybridized carbons (Fsp3) is 0.167. The Kier molecular flexibility index (Phi) is 3.43. The Labute approximate surface area is 109 Å².